The third-order valence-electron chi connectivity index (χ3n) is 1.52. The summed E-state index contributed by atoms with van der Waals surface area (Å²) in [6.07, 6.45) is 1.90. The molecular weight excluding hydrogens is 220 g/mol. The lowest BCUT2D eigenvalue weighted by Gasteiger charge is -1.99. The molecule has 0 radical (unpaired) electrons. The molecule has 0 saturated heterocycles. The number of aromatic nitrogens is 1. The third-order valence-corrected chi connectivity index (χ3v) is 3.39. The van der Waals surface area contributed by atoms with Crippen molar-refractivity contribution in [1.82, 2.24) is 4.98 Å². The van der Waals surface area contributed by atoms with E-state index in [0.717, 1.165) is 5.69 Å². The molecule has 1 aromatic rings. The highest BCUT2D eigenvalue weighted by Gasteiger charge is 2.09. The molecule has 0 aliphatic rings. The standard InChI is InChI=1S/C8H14N2O2S2/c1-6(9)3-7-4-13-8(10-7)5-14(2,11)12/h4,6H,3,5,9H2,1-2H3. The number of hydrogen-bond acceptors (Lipinski definition) is 5. The number of hydrogen-bond donors (Lipinski definition) is 1. The van der Waals surface area contributed by atoms with Gasteiger partial charge in [-0.15, -0.1) is 11.3 Å². The Hall–Kier alpha value is -0.460. The van der Waals surface area contributed by atoms with Crippen LogP contribution in [-0.2, 0) is 22.0 Å². The van der Waals surface area contributed by atoms with Crippen LogP contribution in [0.4, 0.5) is 0 Å². The van der Waals surface area contributed by atoms with E-state index in [2.05, 4.69) is 4.98 Å². The van der Waals surface area contributed by atoms with Gasteiger partial charge in [0.25, 0.3) is 0 Å². The Morgan fingerprint density at radius 2 is 2.29 bits per heavy atom. The van der Waals surface area contributed by atoms with Gasteiger partial charge in [-0.2, -0.15) is 0 Å². The van der Waals surface area contributed by atoms with Crippen LogP contribution in [-0.4, -0.2) is 25.7 Å². The van der Waals surface area contributed by atoms with E-state index >= 15 is 0 Å². The van der Waals surface area contributed by atoms with E-state index in [4.69, 9.17) is 5.73 Å². The van der Waals surface area contributed by atoms with E-state index in [0.29, 0.717) is 11.4 Å². The van der Waals surface area contributed by atoms with Gasteiger partial charge < -0.3 is 5.73 Å². The fraction of sp³-hybridized carbons (Fsp3) is 0.625. The summed E-state index contributed by atoms with van der Waals surface area (Å²) < 4.78 is 21.9. The highest BCUT2D eigenvalue weighted by Crippen LogP contribution is 2.13. The monoisotopic (exact) mass is 234 g/mol. The second-order valence-electron chi connectivity index (χ2n) is 3.48. The van der Waals surface area contributed by atoms with Crippen molar-refractivity contribution in [3.8, 4) is 0 Å². The van der Waals surface area contributed by atoms with Crippen LogP contribution >= 0.6 is 11.3 Å². The van der Waals surface area contributed by atoms with Crippen LogP contribution in [0.2, 0.25) is 0 Å². The Morgan fingerprint density at radius 1 is 1.64 bits per heavy atom. The predicted molar refractivity (Wildman–Crippen MR) is 58.0 cm³/mol. The van der Waals surface area contributed by atoms with Gasteiger partial charge in [0.2, 0.25) is 0 Å². The van der Waals surface area contributed by atoms with E-state index in [9.17, 15) is 8.42 Å². The summed E-state index contributed by atoms with van der Waals surface area (Å²) >= 11 is 1.37. The van der Waals surface area contributed by atoms with Crippen molar-refractivity contribution in [2.24, 2.45) is 5.73 Å². The van der Waals surface area contributed by atoms with Crippen LogP contribution in [0, 0.1) is 0 Å². The average Bonchev–Trinajstić information content (AvgIpc) is 2.30. The second kappa shape index (κ2) is 4.37. The fourth-order valence-electron chi connectivity index (χ4n) is 1.06. The first-order valence-corrected chi connectivity index (χ1v) is 7.17. The molecule has 0 aliphatic carbocycles. The van der Waals surface area contributed by atoms with Gasteiger partial charge >= 0.3 is 0 Å². The maximum absolute atomic E-state index is 11.0. The molecule has 1 unspecified atom stereocenters. The number of thiazole rings is 1. The van der Waals surface area contributed by atoms with E-state index in [1.165, 1.54) is 17.6 Å². The zero-order chi connectivity index (χ0) is 10.8. The van der Waals surface area contributed by atoms with Crippen molar-refractivity contribution in [3.63, 3.8) is 0 Å². The molecule has 0 bridgehead atoms. The molecule has 0 fully saturated rings. The lowest BCUT2D eigenvalue weighted by molar-refractivity contribution is 0.601. The molecule has 1 rings (SSSR count). The molecule has 0 saturated carbocycles. The van der Waals surface area contributed by atoms with E-state index in [1.807, 2.05) is 12.3 Å². The molecule has 1 atom stereocenters. The molecule has 1 aromatic heterocycles. The highest BCUT2D eigenvalue weighted by molar-refractivity contribution is 7.90. The molecule has 6 heteroatoms. The maximum atomic E-state index is 11.0. The smallest absolute Gasteiger partial charge is 0.153 e. The summed E-state index contributed by atoms with van der Waals surface area (Å²) in [5.74, 6) is 0.0244. The average molecular weight is 234 g/mol. The molecule has 0 aliphatic heterocycles. The third kappa shape index (κ3) is 4.17. The van der Waals surface area contributed by atoms with Gasteiger partial charge in [0.1, 0.15) is 10.8 Å². The van der Waals surface area contributed by atoms with Crippen molar-refractivity contribution in [2.75, 3.05) is 6.26 Å². The van der Waals surface area contributed by atoms with Crippen LogP contribution in [0.15, 0.2) is 5.38 Å². The largest absolute Gasteiger partial charge is 0.328 e. The molecular formula is C8H14N2O2S2. The summed E-state index contributed by atoms with van der Waals surface area (Å²) in [6.45, 7) is 1.90. The molecule has 2 N–H and O–H groups in total. The van der Waals surface area contributed by atoms with E-state index in [-0.39, 0.29) is 11.8 Å². The van der Waals surface area contributed by atoms with Crippen LogP contribution in [0.3, 0.4) is 0 Å². The Kier molecular flexibility index (Phi) is 3.63. The number of sulfone groups is 1. The van der Waals surface area contributed by atoms with Gasteiger partial charge in [-0.05, 0) is 6.92 Å². The Morgan fingerprint density at radius 3 is 2.79 bits per heavy atom. The van der Waals surface area contributed by atoms with Gasteiger partial charge in [0.05, 0.1) is 5.69 Å². The van der Waals surface area contributed by atoms with Gasteiger partial charge in [-0.1, -0.05) is 0 Å². The van der Waals surface area contributed by atoms with Crippen LogP contribution in [0.5, 0.6) is 0 Å². The predicted octanol–water partition coefficient (Wildman–Crippen LogP) is 0.577. The van der Waals surface area contributed by atoms with Crippen molar-refractivity contribution in [2.45, 2.75) is 25.1 Å². The molecule has 4 nitrogen and oxygen atoms in total. The summed E-state index contributed by atoms with van der Waals surface area (Å²) in [5.41, 5.74) is 6.49. The zero-order valence-corrected chi connectivity index (χ0v) is 9.86. The molecule has 0 spiro atoms. The first-order chi connectivity index (χ1) is 6.37. The molecule has 0 aromatic carbocycles. The number of nitrogens with zero attached hydrogens (tertiary/aromatic N) is 1. The minimum Gasteiger partial charge on any atom is -0.328 e. The van der Waals surface area contributed by atoms with Crippen molar-refractivity contribution >= 4 is 21.2 Å². The Labute approximate surface area is 88.1 Å². The van der Waals surface area contributed by atoms with Gasteiger partial charge in [0, 0.05) is 24.1 Å². The van der Waals surface area contributed by atoms with Gasteiger partial charge in [-0.25, -0.2) is 13.4 Å². The van der Waals surface area contributed by atoms with Crippen molar-refractivity contribution in [3.05, 3.63) is 16.1 Å². The van der Waals surface area contributed by atoms with E-state index < -0.39 is 9.84 Å². The minimum absolute atomic E-state index is 0.0244. The number of rotatable bonds is 4. The Bertz CT molecular complexity index is 395. The first-order valence-electron chi connectivity index (χ1n) is 4.23. The van der Waals surface area contributed by atoms with E-state index in [1.54, 1.807) is 0 Å². The quantitative estimate of drug-likeness (QED) is 0.827. The van der Waals surface area contributed by atoms with Crippen molar-refractivity contribution < 1.29 is 8.42 Å². The molecule has 14 heavy (non-hydrogen) atoms. The number of nitrogens with two attached hydrogens (primary N) is 1. The Balaban J connectivity index is 2.69. The van der Waals surface area contributed by atoms with Crippen LogP contribution in [0.25, 0.3) is 0 Å². The second-order valence-corrected chi connectivity index (χ2v) is 6.57. The van der Waals surface area contributed by atoms with Gasteiger partial charge in [-0.3, -0.25) is 0 Å². The highest BCUT2D eigenvalue weighted by atomic mass is 32.2. The maximum Gasteiger partial charge on any atom is 0.153 e. The van der Waals surface area contributed by atoms with Crippen molar-refractivity contribution in [1.29, 1.82) is 0 Å². The topological polar surface area (TPSA) is 73.1 Å². The normalized spacial score (nSPS) is 14.2. The zero-order valence-electron chi connectivity index (χ0n) is 8.23. The lowest BCUT2D eigenvalue weighted by atomic mass is 10.2. The van der Waals surface area contributed by atoms with Crippen LogP contribution in [0.1, 0.15) is 17.6 Å². The summed E-state index contributed by atoms with van der Waals surface area (Å²) in [5, 5.41) is 2.51. The molecule has 80 valence electrons. The summed E-state index contributed by atoms with van der Waals surface area (Å²) in [6, 6.07) is 0.0585. The first kappa shape index (κ1) is 11.6. The molecule has 1 heterocycles. The minimum atomic E-state index is -2.98. The lowest BCUT2D eigenvalue weighted by Crippen LogP contribution is -2.17. The molecule has 0 amide bonds. The van der Waals surface area contributed by atoms with Crippen LogP contribution < -0.4 is 5.73 Å². The summed E-state index contributed by atoms with van der Waals surface area (Å²) in [7, 11) is -2.98. The van der Waals surface area contributed by atoms with Gasteiger partial charge in [0.15, 0.2) is 9.84 Å². The fourth-order valence-corrected chi connectivity index (χ4v) is 3.08. The SMILES string of the molecule is CC(N)Cc1csc(CS(C)(=O)=O)n1. The summed E-state index contributed by atoms with van der Waals surface area (Å²) in [4.78, 5) is 4.20.